The third kappa shape index (κ3) is 3.53. The maximum atomic E-state index is 12.1. The normalized spacial score (nSPS) is 10.8. The van der Waals surface area contributed by atoms with Crippen LogP contribution < -0.4 is 5.32 Å². The van der Waals surface area contributed by atoms with Crippen LogP contribution in [0, 0.1) is 6.92 Å². The van der Waals surface area contributed by atoms with Gasteiger partial charge in [0.2, 0.25) is 5.91 Å². The summed E-state index contributed by atoms with van der Waals surface area (Å²) in [5.41, 5.74) is 3.26. The van der Waals surface area contributed by atoms with Crippen molar-refractivity contribution in [2.75, 3.05) is 0 Å². The summed E-state index contributed by atoms with van der Waals surface area (Å²) in [6, 6.07) is 14.0. The number of nitrogens with zero attached hydrogens (tertiary/aromatic N) is 4. The quantitative estimate of drug-likeness (QED) is 0.756. The van der Waals surface area contributed by atoms with Gasteiger partial charge in [0.1, 0.15) is 12.2 Å². The highest BCUT2D eigenvalue weighted by Crippen LogP contribution is 2.10. The number of aryl methyl sites for hydroxylation is 2. The lowest BCUT2D eigenvalue weighted by Gasteiger charge is -2.08. The van der Waals surface area contributed by atoms with Crippen molar-refractivity contribution in [3.8, 4) is 5.69 Å². The Balaban J connectivity index is 1.56. The second-order valence-corrected chi connectivity index (χ2v) is 5.75. The Labute approximate surface area is 141 Å². The number of hydrogen-bond donors (Lipinski definition) is 1. The largest absolute Gasteiger partial charge is 0.351 e. The van der Waals surface area contributed by atoms with Crippen LogP contribution in [0.5, 0.6) is 0 Å². The zero-order chi connectivity index (χ0) is 16.9. The van der Waals surface area contributed by atoms with E-state index in [1.165, 1.54) is 5.69 Å². The molecule has 0 aliphatic carbocycles. The number of hydrogen-bond acceptors (Lipinski definition) is 3. The predicted molar refractivity (Wildman–Crippen MR) is 91.7 cm³/mol. The number of carbonyl (C=O) groups excluding carboxylic acids is 1. The minimum atomic E-state index is 0.0106. The molecule has 6 heteroatoms. The lowest BCUT2D eigenvalue weighted by Crippen LogP contribution is -2.24. The van der Waals surface area contributed by atoms with Gasteiger partial charge >= 0.3 is 0 Å². The first-order valence-electron chi connectivity index (χ1n) is 7.97. The van der Waals surface area contributed by atoms with Gasteiger partial charge in [-0.3, -0.25) is 9.36 Å². The first-order valence-corrected chi connectivity index (χ1v) is 7.97. The van der Waals surface area contributed by atoms with Crippen LogP contribution in [0.4, 0.5) is 0 Å². The zero-order valence-corrected chi connectivity index (χ0v) is 13.9. The number of nitrogens with one attached hydrogen (secondary N) is 1. The monoisotopic (exact) mass is 323 g/mol. The molecule has 0 aliphatic rings. The molecule has 124 valence electrons. The van der Waals surface area contributed by atoms with Gasteiger partial charge in [0, 0.05) is 37.0 Å². The molecule has 0 aliphatic heterocycles. The van der Waals surface area contributed by atoms with E-state index in [1.54, 1.807) is 6.33 Å². The Morgan fingerprint density at radius 3 is 2.67 bits per heavy atom. The molecule has 6 nitrogen and oxygen atoms in total. The summed E-state index contributed by atoms with van der Waals surface area (Å²) in [7, 11) is 2.00. The number of carbonyl (C=O) groups is 1. The van der Waals surface area contributed by atoms with E-state index in [4.69, 9.17) is 0 Å². The van der Waals surface area contributed by atoms with E-state index >= 15 is 0 Å². The molecule has 3 rings (SSSR count). The van der Waals surface area contributed by atoms with Gasteiger partial charge in [-0.2, -0.15) is 0 Å². The SMILES string of the molecule is Cc1ccc(CNC(=O)CCc2nncn2-c2ccccc2)n1C. The van der Waals surface area contributed by atoms with Crippen LogP contribution in [-0.4, -0.2) is 25.2 Å². The van der Waals surface area contributed by atoms with Gasteiger partial charge in [-0.05, 0) is 31.2 Å². The Bertz CT molecular complexity index is 819. The van der Waals surface area contributed by atoms with Gasteiger partial charge in [-0.25, -0.2) is 0 Å². The summed E-state index contributed by atoms with van der Waals surface area (Å²) < 4.78 is 3.99. The molecule has 2 aromatic heterocycles. The molecule has 3 aromatic rings. The van der Waals surface area contributed by atoms with Crippen molar-refractivity contribution >= 4 is 5.91 Å². The fourth-order valence-corrected chi connectivity index (χ4v) is 2.58. The first kappa shape index (κ1) is 16.0. The zero-order valence-electron chi connectivity index (χ0n) is 13.9. The summed E-state index contributed by atoms with van der Waals surface area (Å²) in [6.45, 7) is 2.58. The number of para-hydroxylation sites is 1. The van der Waals surface area contributed by atoms with Crippen molar-refractivity contribution in [2.24, 2.45) is 7.05 Å². The van der Waals surface area contributed by atoms with Crippen LogP contribution in [-0.2, 0) is 24.8 Å². The molecule has 0 saturated heterocycles. The van der Waals surface area contributed by atoms with Crippen LogP contribution in [0.25, 0.3) is 5.69 Å². The lowest BCUT2D eigenvalue weighted by molar-refractivity contribution is -0.121. The molecular formula is C18H21N5O. The van der Waals surface area contributed by atoms with E-state index in [-0.39, 0.29) is 5.91 Å². The smallest absolute Gasteiger partial charge is 0.220 e. The molecular weight excluding hydrogens is 302 g/mol. The Morgan fingerprint density at radius 2 is 1.96 bits per heavy atom. The van der Waals surface area contributed by atoms with Crippen LogP contribution in [0.15, 0.2) is 48.8 Å². The maximum absolute atomic E-state index is 12.1. The second-order valence-electron chi connectivity index (χ2n) is 5.75. The van der Waals surface area contributed by atoms with Crippen LogP contribution in [0.2, 0.25) is 0 Å². The molecule has 0 radical (unpaired) electrons. The van der Waals surface area contributed by atoms with Crippen LogP contribution in [0.1, 0.15) is 23.6 Å². The Hall–Kier alpha value is -2.89. The van der Waals surface area contributed by atoms with Crippen molar-refractivity contribution in [1.82, 2.24) is 24.6 Å². The molecule has 1 amide bonds. The van der Waals surface area contributed by atoms with Crippen molar-refractivity contribution in [3.05, 3.63) is 66.0 Å². The predicted octanol–water partition coefficient (Wildman–Crippen LogP) is 2.16. The van der Waals surface area contributed by atoms with Crippen molar-refractivity contribution in [1.29, 1.82) is 0 Å². The third-order valence-corrected chi connectivity index (χ3v) is 4.17. The molecule has 24 heavy (non-hydrogen) atoms. The van der Waals surface area contributed by atoms with Crippen molar-refractivity contribution in [2.45, 2.75) is 26.3 Å². The molecule has 0 fully saturated rings. The lowest BCUT2D eigenvalue weighted by atomic mass is 10.2. The van der Waals surface area contributed by atoms with E-state index in [0.717, 1.165) is 17.2 Å². The molecule has 0 atom stereocenters. The van der Waals surface area contributed by atoms with E-state index in [2.05, 4.69) is 20.1 Å². The summed E-state index contributed by atoms with van der Waals surface area (Å²) in [4.78, 5) is 12.1. The molecule has 0 unspecified atom stereocenters. The third-order valence-electron chi connectivity index (χ3n) is 4.17. The summed E-state index contributed by atoms with van der Waals surface area (Å²) >= 11 is 0. The summed E-state index contributed by atoms with van der Waals surface area (Å²) in [5.74, 6) is 0.794. The fraction of sp³-hybridized carbons (Fsp3) is 0.278. The van der Waals surface area contributed by atoms with Crippen molar-refractivity contribution < 1.29 is 4.79 Å². The molecule has 0 spiro atoms. The molecule has 1 N–H and O–H groups in total. The molecule has 2 heterocycles. The maximum Gasteiger partial charge on any atom is 0.220 e. The number of aromatic nitrogens is 4. The van der Waals surface area contributed by atoms with Gasteiger partial charge in [0.25, 0.3) is 0 Å². The highest BCUT2D eigenvalue weighted by atomic mass is 16.1. The van der Waals surface area contributed by atoms with Gasteiger partial charge < -0.3 is 9.88 Å². The van der Waals surface area contributed by atoms with Crippen LogP contribution in [0.3, 0.4) is 0 Å². The van der Waals surface area contributed by atoms with Crippen LogP contribution >= 0.6 is 0 Å². The highest BCUT2D eigenvalue weighted by Gasteiger charge is 2.10. The highest BCUT2D eigenvalue weighted by molar-refractivity contribution is 5.76. The Kier molecular flexibility index (Phi) is 4.74. The van der Waals surface area contributed by atoms with E-state index in [9.17, 15) is 4.79 Å². The number of rotatable bonds is 6. The minimum absolute atomic E-state index is 0.0106. The minimum Gasteiger partial charge on any atom is -0.351 e. The summed E-state index contributed by atoms with van der Waals surface area (Å²) in [5, 5.41) is 11.0. The molecule has 0 bridgehead atoms. The Morgan fingerprint density at radius 1 is 1.17 bits per heavy atom. The fourth-order valence-electron chi connectivity index (χ4n) is 2.58. The average molecular weight is 323 g/mol. The van der Waals surface area contributed by atoms with Gasteiger partial charge in [-0.1, -0.05) is 18.2 Å². The second kappa shape index (κ2) is 7.12. The van der Waals surface area contributed by atoms with E-state index in [1.807, 2.05) is 61.0 Å². The first-order chi connectivity index (χ1) is 11.6. The molecule has 0 saturated carbocycles. The summed E-state index contributed by atoms with van der Waals surface area (Å²) in [6.07, 6.45) is 2.61. The average Bonchev–Trinajstić information content (AvgIpc) is 3.20. The van der Waals surface area contributed by atoms with Gasteiger partial charge in [0.05, 0.1) is 6.54 Å². The van der Waals surface area contributed by atoms with Gasteiger partial charge in [0.15, 0.2) is 0 Å². The standard InChI is InChI=1S/C18H21N5O/c1-14-8-9-16(22(14)2)12-19-18(24)11-10-17-21-20-13-23(17)15-6-4-3-5-7-15/h3-9,13H,10-12H2,1-2H3,(H,19,24). The van der Waals surface area contributed by atoms with E-state index < -0.39 is 0 Å². The topological polar surface area (TPSA) is 64.7 Å². The number of amides is 1. The van der Waals surface area contributed by atoms with Gasteiger partial charge in [-0.15, -0.1) is 10.2 Å². The molecule has 1 aromatic carbocycles. The van der Waals surface area contributed by atoms with E-state index in [0.29, 0.717) is 19.4 Å². The van der Waals surface area contributed by atoms with Crippen molar-refractivity contribution in [3.63, 3.8) is 0 Å². The number of benzene rings is 1.